The largest absolute Gasteiger partial charge is 0.257 e. The molecule has 96 valence electrons. The van der Waals surface area contributed by atoms with Crippen molar-refractivity contribution in [1.29, 1.82) is 0 Å². The van der Waals surface area contributed by atoms with Gasteiger partial charge < -0.3 is 0 Å². The predicted molar refractivity (Wildman–Crippen MR) is 68.5 cm³/mol. The Morgan fingerprint density at radius 1 is 1.59 bits per heavy atom. The lowest BCUT2D eigenvalue weighted by molar-refractivity contribution is 0.479. The fraction of sp³-hybridized carbons (Fsp3) is 0.700. The smallest absolute Gasteiger partial charge is 0.256 e. The Balaban J connectivity index is 2.16. The summed E-state index contributed by atoms with van der Waals surface area (Å²) in [4.78, 5) is 0. The molecule has 0 spiro atoms. The Labute approximate surface area is 110 Å². The molecule has 1 heterocycles. The number of aryl methyl sites for hydroxylation is 1. The average molecular weight is 322 g/mol. The van der Waals surface area contributed by atoms with Crippen LogP contribution in [-0.4, -0.2) is 29.6 Å². The maximum Gasteiger partial charge on any atom is 0.257 e. The monoisotopic (exact) mass is 321 g/mol. The molecule has 0 saturated heterocycles. The number of aromatic nitrogens is 2. The van der Waals surface area contributed by atoms with Gasteiger partial charge in [-0.2, -0.15) is 5.10 Å². The number of nitrogens with one attached hydrogen (secondary N) is 1. The summed E-state index contributed by atoms with van der Waals surface area (Å²) in [5, 5.41) is 4.94. The van der Waals surface area contributed by atoms with Crippen LogP contribution in [0, 0.1) is 5.92 Å². The van der Waals surface area contributed by atoms with Gasteiger partial charge in [0.05, 0.1) is 6.20 Å². The maximum absolute atomic E-state index is 12.1. The SMILES string of the molecule is Cn1nccc1S(=O)(=O)NC1CCCC1CBr. The van der Waals surface area contributed by atoms with Crippen LogP contribution in [0.3, 0.4) is 0 Å². The van der Waals surface area contributed by atoms with Crippen LogP contribution in [0.15, 0.2) is 17.3 Å². The van der Waals surface area contributed by atoms with Crippen molar-refractivity contribution < 1.29 is 8.42 Å². The normalized spacial score (nSPS) is 25.3. The molecule has 1 N–H and O–H groups in total. The summed E-state index contributed by atoms with van der Waals surface area (Å²) >= 11 is 3.44. The highest BCUT2D eigenvalue weighted by atomic mass is 79.9. The van der Waals surface area contributed by atoms with Gasteiger partial charge in [0, 0.05) is 18.4 Å². The summed E-state index contributed by atoms with van der Waals surface area (Å²) in [6.07, 6.45) is 4.55. The standard InChI is InChI=1S/C10H16BrN3O2S/c1-14-10(5-6-12-14)17(15,16)13-9-4-2-3-8(9)7-11/h5-6,8-9,13H,2-4,7H2,1H3. The van der Waals surface area contributed by atoms with E-state index in [2.05, 4.69) is 25.8 Å². The van der Waals surface area contributed by atoms with E-state index in [4.69, 9.17) is 0 Å². The number of nitrogens with zero attached hydrogens (tertiary/aromatic N) is 2. The molecule has 1 aliphatic carbocycles. The Morgan fingerprint density at radius 3 is 2.94 bits per heavy atom. The molecular weight excluding hydrogens is 306 g/mol. The van der Waals surface area contributed by atoms with E-state index in [9.17, 15) is 8.42 Å². The highest BCUT2D eigenvalue weighted by Crippen LogP contribution is 2.28. The Kier molecular flexibility index (Phi) is 3.89. The average Bonchev–Trinajstić information content (AvgIpc) is 2.86. The van der Waals surface area contributed by atoms with Crippen LogP contribution in [0.1, 0.15) is 19.3 Å². The van der Waals surface area contributed by atoms with E-state index in [0.717, 1.165) is 24.6 Å². The fourth-order valence-corrected chi connectivity index (χ4v) is 4.50. The molecule has 0 aliphatic heterocycles. The highest BCUT2D eigenvalue weighted by molar-refractivity contribution is 9.09. The van der Waals surface area contributed by atoms with E-state index in [1.54, 1.807) is 7.05 Å². The van der Waals surface area contributed by atoms with Gasteiger partial charge in [0.15, 0.2) is 5.03 Å². The molecule has 2 atom stereocenters. The van der Waals surface area contributed by atoms with Gasteiger partial charge in [-0.05, 0) is 24.8 Å². The Morgan fingerprint density at radius 2 is 2.35 bits per heavy atom. The van der Waals surface area contributed by atoms with Crippen molar-refractivity contribution in [3.8, 4) is 0 Å². The molecule has 2 rings (SSSR count). The van der Waals surface area contributed by atoms with Gasteiger partial charge >= 0.3 is 0 Å². The van der Waals surface area contributed by atoms with Crippen LogP contribution < -0.4 is 4.72 Å². The number of alkyl halides is 1. The molecule has 5 nitrogen and oxygen atoms in total. The molecule has 1 aliphatic rings. The molecule has 0 bridgehead atoms. The predicted octanol–water partition coefficient (Wildman–Crippen LogP) is 1.26. The van der Waals surface area contributed by atoms with Gasteiger partial charge in [0.1, 0.15) is 0 Å². The van der Waals surface area contributed by atoms with E-state index in [1.807, 2.05) is 0 Å². The van der Waals surface area contributed by atoms with Crippen molar-refractivity contribution in [3.63, 3.8) is 0 Å². The fourth-order valence-electron chi connectivity index (χ4n) is 2.26. The first kappa shape index (κ1) is 13.0. The summed E-state index contributed by atoms with van der Waals surface area (Å²) < 4.78 is 28.4. The molecule has 1 aromatic rings. The molecule has 0 radical (unpaired) electrons. The maximum atomic E-state index is 12.1. The zero-order chi connectivity index (χ0) is 12.5. The third-order valence-corrected chi connectivity index (χ3v) is 5.61. The van der Waals surface area contributed by atoms with Crippen LogP contribution in [0.25, 0.3) is 0 Å². The molecule has 1 aromatic heterocycles. The zero-order valence-electron chi connectivity index (χ0n) is 9.63. The lowest BCUT2D eigenvalue weighted by Gasteiger charge is -2.18. The van der Waals surface area contributed by atoms with Crippen LogP contribution in [0.4, 0.5) is 0 Å². The van der Waals surface area contributed by atoms with Crippen LogP contribution in [0.2, 0.25) is 0 Å². The van der Waals surface area contributed by atoms with Gasteiger partial charge in [-0.3, -0.25) is 4.68 Å². The van der Waals surface area contributed by atoms with Crippen molar-refractivity contribution in [2.24, 2.45) is 13.0 Å². The third kappa shape index (κ3) is 2.71. The summed E-state index contributed by atoms with van der Waals surface area (Å²) in [6, 6.07) is 1.55. The summed E-state index contributed by atoms with van der Waals surface area (Å²) in [6.45, 7) is 0. The van der Waals surface area contributed by atoms with Crippen molar-refractivity contribution in [3.05, 3.63) is 12.3 Å². The van der Waals surface area contributed by atoms with E-state index in [1.165, 1.54) is 16.9 Å². The topological polar surface area (TPSA) is 64.0 Å². The Bertz CT molecular complexity index is 485. The van der Waals surface area contributed by atoms with E-state index < -0.39 is 10.0 Å². The second-order valence-corrected chi connectivity index (χ2v) is 6.67. The van der Waals surface area contributed by atoms with Crippen molar-refractivity contribution in [2.75, 3.05) is 5.33 Å². The van der Waals surface area contributed by atoms with Crippen LogP contribution in [-0.2, 0) is 17.1 Å². The number of halogens is 1. The molecule has 7 heteroatoms. The summed E-state index contributed by atoms with van der Waals surface area (Å²) in [7, 11) is -1.81. The summed E-state index contributed by atoms with van der Waals surface area (Å²) in [5.41, 5.74) is 0. The quantitative estimate of drug-likeness (QED) is 0.849. The molecule has 17 heavy (non-hydrogen) atoms. The second-order valence-electron chi connectivity index (χ2n) is 4.37. The van der Waals surface area contributed by atoms with Gasteiger partial charge in [0.25, 0.3) is 10.0 Å². The number of sulfonamides is 1. The van der Waals surface area contributed by atoms with Crippen molar-refractivity contribution in [1.82, 2.24) is 14.5 Å². The Hall–Kier alpha value is -0.400. The lowest BCUT2D eigenvalue weighted by atomic mass is 10.1. The minimum Gasteiger partial charge on any atom is -0.256 e. The van der Waals surface area contributed by atoms with Gasteiger partial charge in [0.2, 0.25) is 0 Å². The van der Waals surface area contributed by atoms with Gasteiger partial charge in [-0.1, -0.05) is 22.4 Å². The zero-order valence-corrected chi connectivity index (χ0v) is 12.0. The minimum atomic E-state index is -3.44. The van der Waals surface area contributed by atoms with E-state index >= 15 is 0 Å². The number of rotatable bonds is 4. The highest BCUT2D eigenvalue weighted by Gasteiger charge is 2.31. The van der Waals surface area contributed by atoms with E-state index in [0.29, 0.717) is 5.92 Å². The third-order valence-electron chi connectivity index (χ3n) is 3.22. The molecule has 1 fully saturated rings. The lowest BCUT2D eigenvalue weighted by Crippen LogP contribution is -2.38. The van der Waals surface area contributed by atoms with Crippen molar-refractivity contribution in [2.45, 2.75) is 30.3 Å². The first-order valence-electron chi connectivity index (χ1n) is 5.61. The first-order chi connectivity index (χ1) is 8.04. The van der Waals surface area contributed by atoms with Gasteiger partial charge in [-0.15, -0.1) is 0 Å². The number of hydrogen-bond acceptors (Lipinski definition) is 3. The van der Waals surface area contributed by atoms with E-state index in [-0.39, 0.29) is 11.1 Å². The molecule has 0 aromatic carbocycles. The first-order valence-corrected chi connectivity index (χ1v) is 8.21. The molecule has 2 unspecified atom stereocenters. The minimum absolute atomic E-state index is 0.0364. The molecule has 1 saturated carbocycles. The van der Waals surface area contributed by atoms with Crippen LogP contribution in [0.5, 0.6) is 0 Å². The summed E-state index contributed by atoms with van der Waals surface area (Å²) in [5.74, 6) is 0.387. The number of hydrogen-bond donors (Lipinski definition) is 1. The van der Waals surface area contributed by atoms with Gasteiger partial charge in [-0.25, -0.2) is 13.1 Å². The van der Waals surface area contributed by atoms with Crippen molar-refractivity contribution >= 4 is 26.0 Å². The molecule has 0 amide bonds. The second kappa shape index (κ2) is 5.07. The van der Waals surface area contributed by atoms with Crippen LogP contribution >= 0.6 is 15.9 Å². The molecular formula is C10H16BrN3O2S.